The van der Waals surface area contributed by atoms with Crippen molar-refractivity contribution in [3.8, 4) is 11.3 Å². The first-order valence-corrected chi connectivity index (χ1v) is 5.88. The molecule has 5 nitrogen and oxygen atoms in total. The molecule has 0 aliphatic carbocycles. The quantitative estimate of drug-likeness (QED) is 0.777. The van der Waals surface area contributed by atoms with E-state index in [1.54, 1.807) is 30.2 Å². The van der Waals surface area contributed by atoms with Crippen molar-refractivity contribution in [1.29, 1.82) is 0 Å². The highest BCUT2D eigenvalue weighted by molar-refractivity contribution is 6.03. The van der Waals surface area contributed by atoms with E-state index in [9.17, 15) is 14.3 Å². The van der Waals surface area contributed by atoms with Crippen LogP contribution in [0, 0.1) is 5.82 Å². The molecule has 0 aliphatic heterocycles. The maximum absolute atomic E-state index is 13.9. The van der Waals surface area contributed by atoms with E-state index in [1.807, 2.05) is 0 Å². The van der Waals surface area contributed by atoms with Crippen LogP contribution >= 0.6 is 0 Å². The van der Waals surface area contributed by atoms with Crippen molar-refractivity contribution in [3.05, 3.63) is 48.0 Å². The fourth-order valence-electron chi connectivity index (χ4n) is 2.09. The second-order valence-electron chi connectivity index (χ2n) is 4.40. The zero-order valence-corrected chi connectivity index (χ0v) is 10.5. The monoisotopic (exact) mass is 271 g/mol. The Balaban J connectivity index is 2.35. The fourth-order valence-corrected chi connectivity index (χ4v) is 2.09. The number of hydrogen-bond acceptors (Lipinski definition) is 3. The number of hydrogen-bond donors (Lipinski definition) is 1. The lowest BCUT2D eigenvalue weighted by atomic mass is 10.1. The summed E-state index contributed by atoms with van der Waals surface area (Å²) in [4.78, 5) is 15.6. The van der Waals surface area contributed by atoms with Crippen LogP contribution in [-0.2, 0) is 7.05 Å². The molecule has 3 aromatic rings. The van der Waals surface area contributed by atoms with Crippen LogP contribution in [0.15, 0.2) is 36.7 Å². The maximum Gasteiger partial charge on any atom is 0.336 e. The third-order valence-electron chi connectivity index (χ3n) is 3.02. The van der Waals surface area contributed by atoms with E-state index >= 15 is 0 Å². The van der Waals surface area contributed by atoms with Gasteiger partial charge in [-0.2, -0.15) is 5.10 Å². The standard InChI is InChI=1S/C14H10FN3O2/c1-18-7-8(6-16-18)12-5-10(14(19)20)9-3-2-4-11(15)13(9)17-12/h2-7H,1H3,(H,19,20). The molecule has 0 spiro atoms. The van der Waals surface area contributed by atoms with E-state index in [2.05, 4.69) is 10.1 Å². The van der Waals surface area contributed by atoms with Gasteiger partial charge in [0, 0.05) is 24.2 Å². The van der Waals surface area contributed by atoms with Crippen molar-refractivity contribution in [2.24, 2.45) is 7.05 Å². The number of pyridine rings is 1. The molecule has 0 saturated carbocycles. The van der Waals surface area contributed by atoms with Crippen LogP contribution < -0.4 is 0 Å². The van der Waals surface area contributed by atoms with Gasteiger partial charge in [0.15, 0.2) is 0 Å². The summed E-state index contributed by atoms with van der Waals surface area (Å²) in [5, 5.41) is 13.6. The highest BCUT2D eigenvalue weighted by atomic mass is 19.1. The summed E-state index contributed by atoms with van der Waals surface area (Å²) in [5.41, 5.74) is 1.09. The van der Waals surface area contributed by atoms with Crippen molar-refractivity contribution >= 4 is 16.9 Å². The van der Waals surface area contributed by atoms with E-state index in [-0.39, 0.29) is 16.5 Å². The molecule has 0 saturated heterocycles. The smallest absolute Gasteiger partial charge is 0.336 e. The van der Waals surface area contributed by atoms with Gasteiger partial charge in [-0.3, -0.25) is 4.68 Å². The Kier molecular flexibility index (Phi) is 2.71. The second kappa shape index (κ2) is 4.41. The molecular formula is C14H10FN3O2. The first kappa shape index (κ1) is 12.3. The minimum Gasteiger partial charge on any atom is -0.478 e. The van der Waals surface area contributed by atoms with E-state index in [4.69, 9.17) is 0 Å². The molecule has 0 aliphatic rings. The zero-order chi connectivity index (χ0) is 14.3. The van der Waals surface area contributed by atoms with Crippen molar-refractivity contribution in [2.45, 2.75) is 0 Å². The minimum atomic E-state index is -1.12. The number of nitrogens with zero attached hydrogens (tertiary/aromatic N) is 3. The van der Waals surface area contributed by atoms with Gasteiger partial charge in [0.05, 0.1) is 17.5 Å². The molecular weight excluding hydrogens is 261 g/mol. The summed E-state index contributed by atoms with van der Waals surface area (Å²) in [6.45, 7) is 0. The summed E-state index contributed by atoms with van der Waals surface area (Å²) in [6, 6.07) is 5.70. The number of carbonyl (C=O) groups is 1. The van der Waals surface area contributed by atoms with Crippen LogP contribution in [0.1, 0.15) is 10.4 Å². The number of para-hydroxylation sites is 1. The Morgan fingerprint density at radius 2 is 2.20 bits per heavy atom. The zero-order valence-electron chi connectivity index (χ0n) is 10.5. The summed E-state index contributed by atoms with van der Waals surface area (Å²) in [7, 11) is 1.74. The van der Waals surface area contributed by atoms with E-state index < -0.39 is 11.8 Å². The summed E-state index contributed by atoms with van der Waals surface area (Å²) in [5.74, 6) is -1.66. The van der Waals surface area contributed by atoms with E-state index in [0.717, 1.165) is 0 Å². The van der Waals surface area contributed by atoms with Crippen molar-refractivity contribution in [3.63, 3.8) is 0 Å². The largest absolute Gasteiger partial charge is 0.478 e. The van der Waals surface area contributed by atoms with Gasteiger partial charge in [-0.1, -0.05) is 12.1 Å². The van der Waals surface area contributed by atoms with Crippen molar-refractivity contribution in [2.75, 3.05) is 0 Å². The SMILES string of the molecule is Cn1cc(-c2cc(C(=O)O)c3cccc(F)c3n2)cn1. The van der Waals surface area contributed by atoms with E-state index in [0.29, 0.717) is 11.3 Å². The van der Waals surface area contributed by atoms with Gasteiger partial charge in [-0.25, -0.2) is 14.2 Å². The van der Waals surface area contributed by atoms with Crippen LogP contribution in [0.5, 0.6) is 0 Å². The molecule has 0 unspecified atom stereocenters. The van der Waals surface area contributed by atoms with Crippen LogP contribution in [0.2, 0.25) is 0 Å². The Morgan fingerprint density at radius 3 is 2.85 bits per heavy atom. The van der Waals surface area contributed by atoms with Crippen LogP contribution in [0.25, 0.3) is 22.2 Å². The lowest BCUT2D eigenvalue weighted by Gasteiger charge is -2.06. The summed E-state index contributed by atoms with van der Waals surface area (Å²) < 4.78 is 15.4. The molecule has 0 bridgehead atoms. The Hall–Kier alpha value is -2.76. The number of aromatic carboxylic acids is 1. The molecule has 2 heterocycles. The molecule has 0 fully saturated rings. The van der Waals surface area contributed by atoms with Gasteiger partial charge in [-0.15, -0.1) is 0 Å². The third-order valence-corrected chi connectivity index (χ3v) is 3.02. The molecule has 20 heavy (non-hydrogen) atoms. The Bertz CT molecular complexity index is 826. The molecule has 6 heteroatoms. The number of carboxylic acid groups (broad SMARTS) is 1. The number of carboxylic acids is 1. The Labute approximate surface area is 113 Å². The predicted molar refractivity (Wildman–Crippen MR) is 70.9 cm³/mol. The van der Waals surface area contributed by atoms with Crippen molar-refractivity contribution < 1.29 is 14.3 Å². The fraction of sp³-hybridized carbons (Fsp3) is 0.0714. The first-order valence-electron chi connectivity index (χ1n) is 5.88. The summed E-state index contributed by atoms with van der Waals surface area (Å²) in [6.07, 6.45) is 3.25. The average molecular weight is 271 g/mol. The lowest BCUT2D eigenvalue weighted by molar-refractivity contribution is 0.0699. The highest BCUT2D eigenvalue weighted by Crippen LogP contribution is 2.26. The van der Waals surface area contributed by atoms with E-state index in [1.165, 1.54) is 18.2 Å². The number of aryl methyl sites for hydroxylation is 1. The lowest BCUT2D eigenvalue weighted by Crippen LogP contribution is -2.01. The average Bonchev–Trinajstić information content (AvgIpc) is 2.85. The minimum absolute atomic E-state index is 0.0216. The number of benzene rings is 1. The highest BCUT2D eigenvalue weighted by Gasteiger charge is 2.15. The molecule has 100 valence electrons. The van der Waals surface area contributed by atoms with Crippen molar-refractivity contribution in [1.82, 2.24) is 14.8 Å². The molecule has 0 radical (unpaired) electrons. The topological polar surface area (TPSA) is 68.0 Å². The van der Waals surface area contributed by atoms with Gasteiger partial charge < -0.3 is 5.11 Å². The van der Waals surface area contributed by atoms with Gasteiger partial charge >= 0.3 is 5.97 Å². The summed E-state index contributed by atoms with van der Waals surface area (Å²) >= 11 is 0. The number of fused-ring (bicyclic) bond motifs is 1. The number of aromatic nitrogens is 3. The molecule has 2 aromatic heterocycles. The van der Waals surface area contributed by atoms with Gasteiger partial charge in [-0.05, 0) is 12.1 Å². The first-order chi connectivity index (χ1) is 9.56. The van der Waals surface area contributed by atoms with Crippen LogP contribution in [0.4, 0.5) is 4.39 Å². The molecule has 1 aromatic carbocycles. The van der Waals surface area contributed by atoms with Crippen LogP contribution in [-0.4, -0.2) is 25.8 Å². The maximum atomic E-state index is 13.9. The second-order valence-corrected chi connectivity index (χ2v) is 4.40. The normalized spacial score (nSPS) is 10.9. The van der Waals surface area contributed by atoms with Crippen LogP contribution in [0.3, 0.4) is 0 Å². The molecule has 0 amide bonds. The third kappa shape index (κ3) is 1.91. The predicted octanol–water partition coefficient (Wildman–Crippen LogP) is 2.47. The number of rotatable bonds is 2. The molecule has 1 N–H and O–H groups in total. The van der Waals surface area contributed by atoms with Gasteiger partial charge in [0.25, 0.3) is 0 Å². The molecule has 3 rings (SSSR count). The van der Waals surface area contributed by atoms with Gasteiger partial charge in [0.1, 0.15) is 11.3 Å². The Morgan fingerprint density at radius 1 is 1.40 bits per heavy atom. The van der Waals surface area contributed by atoms with Gasteiger partial charge in [0.2, 0.25) is 0 Å². The number of halogens is 1. The molecule has 0 atom stereocenters.